The number of aromatic nitrogens is 2. The van der Waals surface area contributed by atoms with Gasteiger partial charge < -0.3 is 14.5 Å². The summed E-state index contributed by atoms with van der Waals surface area (Å²) in [4.78, 5) is 26.2. The molecule has 0 spiro atoms. The van der Waals surface area contributed by atoms with Crippen LogP contribution in [0.2, 0.25) is 0 Å². The number of alkyl halides is 6. The third kappa shape index (κ3) is 5.77. The summed E-state index contributed by atoms with van der Waals surface area (Å²) in [6.45, 7) is 4.89. The van der Waals surface area contributed by atoms with Crippen LogP contribution in [0.5, 0.6) is 0 Å². The molecule has 1 saturated heterocycles. The van der Waals surface area contributed by atoms with E-state index in [0.29, 0.717) is 48.1 Å². The number of carbonyl (C=O) groups is 1. The molecule has 0 bridgehead atoms. The molecule has 0 aliphatic carbocycles. The highest BCUT2D eigenvalue weighted by Crippen LogP contribution is 2.37. The van der Waals surface area contributed by atoms with Crippen molar-refractivity contribution in [1.29, 1.82) is 0 Å². The molecule has 2 aromatic carbocycles. The highest BCUT2D eigenvalue weighted by Gasteiger charge is 2.38. The van der Waals surface area contributed by atoms with E-state index < -0.39 is 35.0 Å². The highest BCUT2D eigenvalue weighted by atomic mass is 19.4. The zero-order valence-corrected chi connectivity index (χ0v) is 21.7. The van der Waals surface area contributed by atoms with Crippen LogP contribution in [0, 0.1) is 0 Å². The van der Waals surface area contributed by atoms with Gasteiger partial charge in [-0.2, -0.15) is 26.3 Å². The molecule has 12 heteroatoms. The first-order valence-electron chi connectivity index (χ1n) is 12.7. The SMILES string of the molecule is CC1CN(c2nc(-c3ccccc3)nc3c2CN(C(=O)c2cc(C(F)(F)F)cc(C(F)(F)F)c2)CC3)CC(C)O1. The van der Waals surface area contributed by atoms with Crippen molar-refractivity contribution in [1.82, 2.24) is 14.9 Å². The molecule has 2 aliphatic heterocycles. The van der Waals surface area contributed by atoms with Crippen LogP contribution in [0.15, 0.2) is 48.5 Å². The summed E-state index contributed by atoms with van der Waals surface area (Å²) >= 11 is 0. The molecule has 2 atom stereocenters. The fourth-order valence-electron chi connectivity index (χ4n) is 5.16. The predicted octanol–water partition coefficient (Wildman–Crippen LogP) is 5.99. The minimum atomic E-state index is -5.05. The van der Waals surface area contributed by atoms with Crippen LogP contribution in [0.4, 0.5) is 32.2 Å². The fraction of sp³-hybridized carbons (Fsp3) is 0.393. The monoisotopic (exact) mass is 564 g/mol. The molecule has 1 amide bonds. The van der Waals surface area contributed by atoms with E-state index in [4.69, 9.17) is 14.7 Å². The van der Waals surface area contributed by atoms with Crippen molar-refractivity contribution in [3.8, 4) is 11.4 Å². The molecule has 3 aromatic rings. The lowest BCUT2D eigenvalue weighted by Crippen LogP contribution is -2.47. The summed E-state index contributed by atoms with van der Waals surface area (Å²) in [7, 11) is 0. The molecular weight excluding hydrogens is 538 g/mol. The van der Waals surface area contributed by atoms with Gasteiger partial charge in [0.2, 0.25) is 0 Å². The van der Waals surface area contributed by atoms with Crippen LogP contribution >= 0.6 is 0 Å². The van der Waals surface area contributed by atoms with Gasteiger partial charge in [0.05, 0.1) is 35.6 Å². The van der Waals surface area contributed by atoms with Gasteiger partial charge in [-0.15, -0.1) is 0 Å². The number of carbonyl (C=O) groups excluding carboxylic acids is 1. The van der Waals surface area contributed by atoms with Crippen LogP contribution < -0.4 is 4.90 Å². The van der Waals surface area contributed by atoms with E-state index in [9.17, 15) is 31.1 Å². The summed E-state index contributed by atoms with van der Waals surface area (Å²) in [5.74, 6) is 0.140. The van der Waals surface area contributed by atoms with Crippen LogP contribution in [-0.4, -0.2) is 52.6 Å². The van der Waals surface area contributed by atoms with E-state index in [1.54, 1.807) is 0 Å². The molecule has 40 heavy (non-hydrogen) atoms. The van der Waals surface area contributed by atoms with E-state index in [1.165, 1.54) is 4.90 Å². The number of hydrogen-bond acceptors (Lipinski definition) is 5. The first-order chi connectivity index (χ1) is 18.8. The zero-order valence-electron chi connectivity index (χ0n) is 21.7. The Hall–Kier alpha value is -3.67. The largest absolute Gasteiger partial charge is 0.416 e. The predicted molar refractivity (Wildman–Crippen MR) is 135 cm³/mol. The van der Waals surface area contributed by atoms with Crippen LogP contribution in [-0.2, 0) is 30.1 Å². The lowest BCUT2D eigenvalue weighted by Gasteiger charge is -2.39. The third-order valence-electron chi connectivity index (χ3n) is 6.91. The van der Waals surface area contributed by atoms with E-state index in [-0.39, 0.29) is 37.8 Å². The Bertz CT molecular complexity index is 1370. The second-order valence-corrected chi connectivity index (χ2v) is 10.1. The van der Waals surface area contributed by atoms with Crippen LogP contribution in [0.1, 0.15) is 46.6 Å². The number of rotatable bonds is 3. The third-order valence-corrected chi connectivity index (χ3v) is 6.91. The first kappa shape index (κ1) is 27.9. The van der Waals surface area contributed by atoms with Gasteiger partial charge in [-0.05, 0) is 32.0 Å². The molecular formula is C28H26F6N4O2. The Labute approximate surface area is 226 Å². The molecule has 0 saturated carbocycles. The van der Waals surface area contributed by atoms with Crippen molar-refractivity contribution in [3.05, 3.63) is 76.5 Å². The Morgan fingerprint density at radius 1 is 0.900 bits per heavy atom. The maximum atomic E-state index is 13.4. The summed E-state index contributed by atoms with van der Waals surface area (Å²) in [6.07, 6.45) is -10.1. The molecule has 212 valence electrons. The maximum Gasteiger partial charge on any atom is 0.416 e. The molecule has 2 unspecified atom stereocenters. The molecule has 1 aromatic heterocycles. The second kappa shape index (κ2) is 10.4. The molecule has 3 heterocycles. The molecule has 0 radical (unpaired) electrons. The zero-order chi connectivity index (χ0) is 28.8. The minimum absolute atomic E-state index is 0.0140. The van der Waals surface area contributed by atoms with Crippen molar-refractivity contribution in [2.24, 2.45) is 0 Å². The lowest BCUT2D eigenvalue weighted by atomic mass is 10.0. The number of ether oxygens (including phenoxy) is 1. The van der Waals surface area contributed by atoms with Crippen molar-refractivity contribution >= 4 is 11.7 Å². The number of nitrogens with zero attached hydrogens (tertiary/aromatic N) is 4. The average molecular weight is 565 g/mol. The number of anilines is 1. The number of benzene rings is 2. The minimum Gasteiger partial charge on any atom is -0.372 e. The normalized spacial score (nSPS) is 19.9. The molecule has 1 fully saturated rings. The van der Waals surface area contributed by atoms with Crippen LogP contribution in [0.3, 0.4) is 0 Å². The molecule has 0 N–H and O–H groups in total. The number of morpholine rings is 1. The Morgan fingerprint density at radius 3 is 2.08 bits per heavy atom. The molecule has 6 nitrogen and oxygen atoms in total. The summed E-state index contributed by atoms with van der Waals surface area (Å²) in [6, 6.07) is 10.3. The van der Waals surface area contributed by atoms with Gasteiger partial charge in [0.25, 0.3) is 5.91 Å². The summed E-state index contributed by atoms with van der Waals surface area (Å²) < 4.78 is 86.3. The standard InChI is InChI=1S/C28H26F6N4O2/c1-16-13-38(14-17(2)40-16)25-22-15-37(9-8-23(22)35-24(36-25)18-6-4-3-5-7-18)26(39)19-10-20(27(29,30)31)12-21(11-19)28(32,33)34/h3-7,10-12,16-17H,8-9,13-15H2,1-2H3. The van der Waals surface area contributed by atoms with E-state index in [2.05, 4.69) is 0 Å². The maximum absolute atomic E-state index is 13.4. The van der Waals surface area contributed by atoms with Gasteiger partial charge in [0.1, 0.15) is 5.82 Å². The van der Waals surface area contributed by atoms with Crippen LogP contribution in [0.25, 0.3) is 11.4 Å². The van der Waals surface area contributed by atoms with Crippen molar-refractivity contribution in [3.63, 3.8) is 0 Å². The summed E-state index contributed by atoms with van der Waals surface area (Å²) in [5, 5.41) is 0. The lowest BCUT2D eigenvalue weighted by molar-refractivity contribution is -0.143. The van der Waals surface area contributed by atoms with Gasteiger partial charge in [0, 0.05) is 42.7 Å². The van der Waals surface area contributed by atoms with Crippen molar-refractivity contribution in [2.45, 2.75) is 51.4 Å². The van der Waals surface area contributed by atoms with E-state index in [0.717, 1.165) is 5.56 Å². The second-order valence-electron chi connectivity index (χ2n) is 10.1. The topological polar surface area (TPSA) is 58.6 Å². The van der Waals surface area contributed by atoms with E-state index >= 15 is 0 Å². The Balaban J connectivity index is 1.54. The average Bonchev–Trinajstić information content (AvgIpc) is 2.90. The van der Waals surface area contributed by atoms with Gasteiger partial charge in [-0.1, -0.05) is 30.3 Å². The number of halogens is 6. The molecule has 5 rings (SSSR count). The number of amides is 1. The quantitative estimate of drug-likeness (QED) is 0.366. The van der Waals surface area contributed by atoms with Gasteiger partial charge in [-0.3, -0.25) is 4.79 Å². The Morgan fingerprint density at radius 2 is 1.50 bits per heavy atom. The fourth-order valence-corrected chi connectivity index (χ4v) is 5.16. The number of hydrogen-bond donors (Lipinski definition) is 0. The number of fused-ring (bicyclic) bond motifs is 1. The Kier molecular flexibility index (Phi) is 7.24. The van der Waals surface area contributed by atoms with Crippen molar-refractivity contribution < 1.29 is 35.9 Å². The van der Waals surface area contributed by atoms with Crippen molar-refractivity contribution in [2.75, 3.05) is 24.5 Å². The smallest absolute Gasteiger partial charge is 0.372 e. The van der Waals surface area contributed by atoms with Gasteiger partial charge in [-0.25, -0.2) is 9.97 Å². The van der Waals surface area contributed by atoms with Gasteiger partial charge in [0.15, 0.2) is 5.82 Å². The summed E-state index contributed by atoms with van der Waals surface area (Å²) in [5.41, 5.74) is -1.65. The molecule has 2 aliphatic rings. The first-order valence-corrected chi connectivity index (χ1v) is 12.7. The van der Waals surface area contributed by atoms with E-state index in [1.807, 2.05) is 49.1 Å². The van der Waals surface area contributed by atoms with Gasteiger partial charge >= 0.3 is 12.4 Å². The highest BCUT2D eigenvalue weighted by molar-refractivity contribution is 5.95.